The number of benzene rings is 1. The number of aromatic amines is 1. The van der Waals surface area contributed by atoms with Crippen LogP contribution in [0.25, 0.3) is 0 Å². The molecule has 1 atom stereocenters. The molecule has 4 nitrogen and oxygen atoms in total. The van der Waals surface area contributed by atoms with Crippen LogP contribution in [-0.2, 0) is 6.54 Å². The minimum Gasteiger partial charge on any atom is -0.508 e. The molecule has 1 aromatic heterocycles. The molecule has 0 aliphatic heterocycles. The quantitative estimate of drug-likeness (QED) is 0.756. The van der Waals surface area contributed by atoms with Crippen LogP contribution in [0.1, 0.15) is 29.8 Å². The molecule has 3 N–H and O–H groups in total. The summed E-state index contributed by atoms with van der Waals surface area (Å²) in [5, 5.41) is 20.0. The van der Waals surface area contributed by atoms with E-state index in [4.69, 9.17) is 0 Å². The number of aromatic hydroxyl groups is 1. The van der Waals surface area contributed by atoms with E-state index >= 15 is 0 Å². The Bertz CT molecular complexity index is 479. The van der Waals surface area contributed by atoms with Gasteiger partial charge in [-0.05, 0) is 31.5 Å². The second kappa shape index (κ2) is 5.01. The second-order valence-corrected chi connectivity index (χ2v) is 4.25. The first kappa shape index (κ1) is 11.7. The van der Waals surface area contributed by atoms with Gasteiger partial charge in [-0.25, -0.2) is 0 Å². The van der Waals surface area contributed by atoms with Gasteiger partial charge in [-0.1, -0.05) is 12.1 Å². The van der Waals surface area contributed by atoms with Crippen molar-refractivity contribution in [3.05, 3.63) is 47.3 Å². The molecule has 0 saturated heterocycles. The van der Waals surface area contributed by atoms with Gasteiger partial charge in [-0.3, -0.25) is 5.10 Å². The number of phenolic OH excluding ortho intramolecular Hbond substituents is 1. The highest BCUT2D eigenvalue weighted by Crippen LogP contribution is 2.24. The van der Waals surface area contributed by atoms with Crippen LogP contribution < -0.4 is 5.32 Å². The number of aromatic nitrogens is 2. The van der Waals surface area contributed by atoms with E-state index in [1.807, 2.05) is 32.0 Å². The van der Waals surface area contributed by atoms with Gasteiger partial charge in [-0.2, -0.15) is 5.10 Å². The first-order chi connectivity index (χ1) is 8.16. The maximum Gasteiger partial charge on any atom is 0.120 e. The van der Waals surface area contributed by atoms with Crippen molar-refractivity contribution in [1.29, 1.82) is 0 Å². The molecule has 2 rings (SSSR count). The van der Waals surface area contributed by atoms with E-state index < -0.39 is 0 Å². The van der Waals surface area contributed by atoms with E-state index in [0.717, 1.165) is 16.8 Å². The van der Waals surface area contributed by atoms with Crippen LogP contribution in [-0.4, -0.2) is 15.3 Å². The molecular formula is C13H17N3O. The highest BCUT2D eigenvalue weighted by atomic mass is 16.3. The van der Waals surface area contributed by atoms with Crippen molar-refractivity contribution >= 4 is 0 Å². The van der Waals surface area contributed by atoms with Crippen LogP contribution >= 0.6 is 0 Å². The third-order valence-electron chi connectivity index (χ3n) is 2.81. The van der Waals surface area contributed by atoms with Crippen molar-refractivity contribution in [2.45, 2.75) is 26.4 Å². The summed E-state index contributed by atoms with van der Waals surface area (Å²) in [6.07, 6.45) is 1.73. The fourth-order valence-electron chi connectivity index (χ4n) is 1.78. The third kappa shape index (κ3) is 2.85. The van der Waals surface area contributed by atoms with Gasteiger partial charge in [0.2, 0.25) is 0 Å². The number of phenols is 1. The van der Waals surface area contributed by atoms with E-state index in [0.29, 0.717) is 12.3 Å². The zero-order valence-electron chi connectivity index (χ0n) is 10.1. The number of hydrogen-bond donors (Lipinski definition) is 3. The summed E-state index contributed by atoms with van der Waals surface area (Å²) in [6, 6.07) is 7.76. The average Bonchev–Trinajstić information content (AvgIpc) is 2.78. The predicted molar refractivity (Wildman–Crippen MR) is 66.7 cm³/mol. The molecule has 0 bridgehead atoms. The lowest BCUT2D eigenvalue weighted by Gasteiger charge is -2.15. The summed E-state index contributed by atoms with van der Waals surface area (Å²) in [5.74, 6) is 0.342. The van der Waals surface area contributed by atoms with Crippen molar-refractivity contribution in [1.82, 2.24) is 15.5 Å². The standard InChI is InChI=1S/C13H17N3O/c1-9-3-4-12(13(17)7-9)10(2)14-8-11-5-6-15-16-11/h3-7,10,14,17H,8H2,1-2H3,(H,15,16). The normalized spacial score (nSPS) is 12.6. The molecule has 0 radical (unpaired) electrons. The lowest BCUT2D eigenvalue weighted by molar-refractivity contribution is 0.451. The molecule has 0 aliphatic rings. The van der Waals surface area contributed by atoms with E-state index in [1.54, 1.807) is 12.3 Å². The molecule has 0 amide bonds. The molecule has 1 heterocycles. The number of rotatable bonds is 4. The van der Waals surface area contributed by atoms with Crippen LogP contribution in [0.3, 0.4) is 0 Å². The lowest BCUT2D eigenvalue weighted by atomic mass is 10.1. The van der Waals surface area contributed by atoms with E-state index in [2.05, 4.69) is 15.5 Å². The third-order valence-corrected chi connectivity index (χ3v) is 2.81. The molecule has 0 spiro atoms. The van der Waals surface area contributed by atoms with Crippen LogP contribution in [0.2, 0.25) is 0 Å². The molecule has 0 fully saturated rings. The Balaban J connectivity index is 2.01. The zero-order valence-corrected chi connectivity index (χ0v) is 10.1. The number of H-pyrrole nitrogens is 1. The Hall–Kier alpha value is -1.81. The van der Waals surface area contributed by atoms with Gasteiger partial charge in [0, 0.05) is 30.0 Å². The minimum absolute atomic E-state index is 0.0962. The SMILES string of the molecule is Cc1ccc(C(C)NCc2ccn[nH]2)c(O)c1. The number of nitrogens with zero attached hydrogens (tertiary/aromatic N) is 1. The lowest BCUT2D eigenvalue weighted by Crippen LogP contribution is -2.18. The average molecular weight is 231 g/mol. The first-order valence-corrected chi connectivity index (χ1v) is 5.68. The molecule has 4 heteroatoms. The van der Waals surface area contributed by atoms with Gasteiger partial charge in [0.15, 0.2) is 0 Å². The van der Waals surface area contributed by atoms with Crippen molar-refractivity contribution in [3.8, 4) is 5.75 Å². The minimum atomic E-state index is 0.0962. The van der Waals surface area contributed by atoms with Crippen LogP contribution in [0.5, 0.6) is 5.75 Å². The van der Waals surface area contributed by atoms with Gasteiger partial charge >= 0.3 is 0 Å². The number of aryl methyl sites for hydroxylation is 1. The van der Waals surface area contributed by atoms with E-state index in [-0.39, 0.29) is 6.04 Å². The van der Waals surface area contributed by atoms with E-state index in [1.165, 1.54) is 0 Å². The van der Waals surface area contributed by atoms with Gasteiger partial charge < -0.3 is 10.4 Å². The van der Waals surface area contributed by atoms with Gasteiger partial charge in [-0.15, -0.1) is 0 Å². The Morgan fingerprint density at radius 2 is 2.24 bits per heavy atom. The fraction of sp³-hybridized carbons (Fsp3) is 0.308. The van der Waals surface area contributed by atoms with Crippen molar-refractivity contribution in [2.75, 3.05) is 0 Å². The smallest absolute Gasteiger partial charge is 0.120 e. The Labute approximate surface area is 101 Å². The Morgan fingerprint density at radius 3 is 2.88 bits per heavy atom. The first-order valence-electron chi connectivity index (χ1n) is 5.68. The maximum atomic E-state index is 9.86. The van der Waals surface area contributed by atoms with Gasteiger partial charge in [0.05, 0.1) is 0 Å². The fourth-order valence-corrected chi connectivity index (χ4v) is 1.78. The Morgan fingerprint density at radius 1 is 1.41 bits per heavy atom. The molecule has 2 aromatic rings. The largest absolute Gasteiger partial charge is 0.508 e. The molecule has 17 heavy (non-hydrogen) atoms. The van der Waals surface area contributed by atoms with Gasteiger partial charge in [0.25, 0.3) is 0 Å². The van der Waals surface area contributed by atoms with Crippen LogP contribution in [0.15, 0.2) is 30.5 Å². The molecular weight excluding hydrogens is 214 g/mol. The predicted octanol–water partition coefficient (Wildman–Crippen LogP) is 2.27. The molecule has 0 aliphatic carbocycles. The van der Waals surface area contributed by atoms with Crippen molar-refractivity contribution < 1.29 is 5.11 Å². The topological polar surface area (TPSA) is 60.9 Å². The second-order valence-electron chi connectivity index (χ2n) is 4.25. The molecule has 0 saturated carbocycles. The number of hydrogen-bond acceptors (Lipinski definition) is 3. The Kier molecular flexibility index (Phi) is 3.44. The summed E-state index contributed by atoms with van der Waals surface area (Å²) < 4.78 is 0. The summed E-state index contributed by atoms with van der Waals surface area (Å²) >= 11 is 0. The number of nitrogens with one attached hydrogen (secondary N) is 2. The maximum absolute atomic E-state index is 9.86. The van der Waals surface area contributed by atoms with Gasteiger partial charge in [0.1, 0.15) is 5.75 Å². The highest BCUT2D eigenvalue weighted by Gasteiger charge is 2.09. The molecule has 1 unspecified atom stereocenters. The van der Waals surface area contributed by atoms with Crippen LogP contribution in [0.4, 0.5) is 0 Å². The van der Waals surface area contributed by atoms with Crippen molar-refractivity contribution in [2.24, 2.45) is 0 Å². The summed E-state index contributed by atoms with van der Waals surface area (Å²) in [4.78, 5) is 0. The zero-order chi connectivity index (χ0) is 12.3. The molecule has 90 valence electrons. The summed E-state index contributed by atoms with van der Waals surface area (Å²) in [7, 11) is 0. The summed E-state index contributed by atoms with van der Waals surface area (Å²) in [5.41, 5.74) is 3.01. The molecule has 1 aromatic carbocycles. The highest BCUT2D eigenvalue weighted by molar-refractivity contribution is 5.37. The van der Waals surface area contributed by atoms with Crippen molar-refractivity contribution in [3.63, 3.8) is 0 Å². The monoisotopic (exact) mass is 231 g/mol. The van der Waals surface area contributed by atoms with E-state index in [9.17, 15) is 5.11 Å². The van der Waals surface area contributed by atoms with Crippen LogP contribution in [0, 0.1) is 6.92 Å². The summed E-state index contributed by atoms with van der Waals surface area (Å²) in [6.45, 7) is 4.70.